The molecule has 3 rings (SSSR count). The fraction of sp³-hybridized carbons (Fsp3) is 0.571. The maximum atomic E-state index is 5.91. The zero-order chi connectivity index (χ0) is 20.2. The molecule has 0 heterocycles. The van der Waals surface area contributed by atoms with E-state index in [0.717, 1.165) is 24.7 Å². The topological polar surface area (TPSA) is 9.23 Å². The molecule has 158 valence electrons. The molecule has 1 aliphatic rings. The fourth-order valence-corrected chi connectivity index (χ4v) is 4.53. The number of hydrogen-bond acceptors (Lipinski definition) is 1. The first-order valence-electron chi connectivity index (χ1n) is 12.2. The van der Waals surface area contributed by atoms with Crippen molar-refractivity contribution in [2.45, 2.75) is 90.4 Å². The predicted octanol–water partition coefficient (Wildman–Crippen LogP) is 8.61. The van der Waals surface area contributed by atoms with Crippen LogP contribution in [0.5, 0.6) is 5.75 Å². The molecule has 1 fully saturated rings. The number of ether oxygens (including phenoxy) is 1. The average molecular weight is 393 g/mol. The molecule has 1 saturated carbocycles. The van der Waals surface area contributed by atoms with Gasteiger partial charge < -0.3 is 4.74 Å². The lowest BCUT2D eigenvalue weighted by molar-refractivity contribution is 0.304. The van der Waals surface area contributed by atoms with Crippen LogP contribution in [0.2, 0.25) is 0 Å². The number of aryl methyl sites for hydroxylation is 1. The standard InChI is InChI=1S/C28H40O/c1-2-3-4-5-6-10-23-29-28-21-19-27(20-22-28)26-17-15-25(16-18-26)14-13-24-11-8-7-9-12-24/h15-22,24H,2-14,23H2,1H3. The van der Waals surface area contributed by atoms with Crippen LogP contribution in [0.1, 0.15) is 89.5 Å². The van der Waals surface area contributed by atoms with Gasteiger partial charge in [0.1, 0.15) is 5.75 Å². The summed E-state index contributed by atoms with van der Waals surface area (Å²) in [7, 11) is 0. The Labute approximate surface area is 178 Å². The van der Waals surface area contributed by atoms with Gasteiger partial charge in [0.05, 0.1) is 6.61 Å². The van der Waals surface area contributed by atoms with Crippen molar-refractivity contribution < 1.29 is 4.74 Å². The Balaban J connectivity index is 1.39. The van der Waals surface area contributed by atoms with Crippen LogP contribution in [0.4, 0.5) is 0 Å². The van der Waals surface area contributed by atoms with Crippen LogP contribution in [0.15, 0.2) is 48.5 Å². The summed E-state index contributed by atoms with van der Waals surface area (Å²) in [4.78, 5) is 0. The highest BCUT2D eigenvalue weighted by Crippen LogP contribution is 2.28. The molecule has 0 bridgehead atoms. The molecule has 0 aromatic heterocycles. The first kappa shape index (κ1) is 21.9. The van der Waals surface area contributed by atoms with Crippen molar-refractivity contribution in [3.8, 4) is 16.9 Å². The highest BCUT2D eigenvalue weighted by atomic mass is 16.5. The highest BCUT2D eigenvalue weighted by molar-refractivity contribution is 5.64. The Morgan fingerprint density at radius 3 is 2.03 bits per heavy atom. The lowest BCUT2D eigenvalue weighted by Gasteiger charge is -2.21. The molecular formula is C28H40O. The maximum Gasteiger partial charge on any atom is 0.119 e. The second-order valence-electron chi connectivity index (χ2n) is 8.88. The Kier molecular flexibility index (Phi) is 9.63. The van der Waals surface area contributed by atoms with Gasteiger partial charge in [-0.25, -0.2) is 0 Å². The van der Waals surface area contributed by atoms with E-state index < -0.39 is 0 Å². The van der Waals surface area contributed by atoms with Gasteiger partial charge in [0, 0.05) is 0 Å². The Morgan fingerprint density at radius 2 is 1.34 bits per heavy atom. The van der Waals surface area contributed by atoms with Gasteiger partial charge in [-0.05, 0) is 54.0 Å². The van der Waals surface area contributed by atoms with Crippen molar-refractivity contribution in [1.29, 1.82) is 0 Å². The SMILES string of the molecule is CCCCCCCCOc1ccc(-c2ccc(CCC3CCCCC3)cc2)cc1. The van der Waals surface area contributed by atoms with E-state index in [-0.39, 0.29) is 0 Å². The van der Waals surface area contributed by atoms with Crippen LogP contribution in [-0.4, -0.2) is 6.61 Å². The summed E-state index contributed by atoms with van der Waals surface area (Å²) >= 11 is 0. The molecule has 29 heavy (non-hydrogen) atoms. The minimum Gasteiger partial charge on any atom is -0.494 e. The smallest absolute Gasteiger partial charge is 0.119 e. The molecular weight excluding hydrogens is 352 g/mol. The van der Waals surface area contributed by atoms with Crippen LogP contribution < -0.4 is 4.74 Å². The van der Waals surface area contributed by atoms with E-state index in [4.69, 9.17) is 4.74 Å². The zero-order valence-corrected chi connectivity index (χ0v) is 18.5. The Hall–Kier alpha value is -1.76. The van der Waals surface area contributed by atoms with Crippen LogP contribution in [-0.2, 0) is 6.42 Å². The minimum absolute atomic E-state index is 0.834. The third-order valence-electron chi connectivity index (χ3n) is 6.47. The molecule has 2 aromatic carbocycles. The summed E-state index contributed by atoms with van der Waals surface area (Å²) in [5.74, 6) is 1.96. The van der Waals surface area contributed by atoms with Gasteiger partial charge in [-0.3, -0.25) is 0 Å². The lowest BCUT2D eigenvalue weighted by Crippen LogP contribution is -2.07. The van der Waals surface area contributed by atoms with Crippen molar-refractivity contribution in [2.24, 2.45) is 5.92 Å². The summed E-state index contributed by atoms with van der Waals surface area (Å²) < 4.78 is 5.91. The molecule has 0 amide bonds. The highest BCUT2D eigenvalue weighted by Gasteiger charge is 2.13. The molecule has 1 nitrogen and oxygen atoms in total. The monoisotopic (exact) mass is 392 g/mol. The Morgan fingerprint density at radius 1 is 0.724 bits per heavy atom. The van der Waals surface area contributed by atoms with Gasteiger partial charge >= 0.3 is 0 Å². The predicted molar refractivity (Wildman–Crippen MR) is 126 cm³/mol. The van der Waals surface area contributed by atoms with Crippen LogP contribution in [0, 0.1) is 5.92 Å². The third kappa shape index (κ3) is 7.88. The van der Waals surface area contributed by atoms with Gasteiger partial charge in [0.15, 0.2) is 0 Å². The third-order valence-corrected chi connectivity index (χ3v) is 6.47. The van der Waals surface area contributed by atoms with E-state index in [2.05, 4.69) is 55.5 Å². The first-order valence-corrected chi connectivity index (χ1v) is 12.2. The van der Waals surface area contributed by atoms with Gasteiger partial charge in [0.2, 0.25) is 0 Å². The average Bonchev–Trinajstić information content (AvgIpc) is 2.79. The zero-order valence-electron chi connectivity index (χ0n) is 18.5. The molecule has 0 radical (unpaired) electrons. The lowest BCUT2D eigenvalue weighted by atomic mass is 9.85. The van der Waals surface area contributed by atoms with E-state index in [1.165, 1.54) is 93.7 Å². The molecule has 2 aromatic rings. The minimum atomic E-state index is 0.834. The number of benzene rings is 2. The van der Waals surface area contributed by atoms with Gasteiger partial charge in [-0.2, -0.15) is 0 Å². The maximum absolute atomic E-state index is 5.91. The quantitative estimate of drug-likeness (QED) is 0.328. The molecule has 0 aliphatic heterocycles. The molecule has 0 spiro atoms. The van der Waals surface area contributed by atoms with E-state index in [1.54, 1.807) is 0 Å². The molecule has 0 atom stereocenters. The molecule has 0 saturated heterocycles. The fourth-order valence-electron chi connectivity index (χ4n) is 4.53. The summed E-state index contributed by atoms with van der Waals surface area (Å²) in [5, 5.41) is 0. The van der Waals surface area contributed by atoms with E-state index in [1.807, 2.05) is 0 Å². The molecule has 0 unspecified atom stereocenters. The van der Waals surface area contributed by atoms with Crippen molar-refractivity contribution >= 4 is 0 Å². The molecule has 1 aliphatic carbocycles. The Bertz CT molecular complexity index is 664. The van der Waals surface area contributed by atoms with Gasteiger partial charge in [-0.1, -0.05) is 108 Å². The van der Waals surface area contributed by atoms with Crippen LogP contribution >= 0.6 is 0 Å². The van der Waals surface area contributed by atoms with E-state index in [0.29, 0.717) is 0 Å². The van der Waals surface area contributed by atoms with Gasteiger partial charge in [0.25, 0.3) is 0 Å². The van der Waals surface area contributed by atoms with Gasteiger partial charge in [-0.15, -0.1) is 0 Å². The van der Waals surface area contributed by atoms with Crippen molar-refractivity contribution in [3.63, 3.8) is 0 Å². The van der Waals surface area contributed by atoms with Crippen molar-refractivity contribution in [2.75, 3.05) is 6.61 Å². The summed E-state index contributed by atoms with van der Waals surface area (Å²) in [6.07, 6.45) is 17.7. The normalized spacial score (nSPS) is 14.8. The summed E-state index contributed by atoms with van der Waals surface area (Å²) in [6, 6.07) is 17.8. The second-order valence-corrected chi connectivity index (χ2v) is 8.88. The van der Waals surface area contributed by atoms with Crippen molar-refractivity contribution in [3.05, 3.63) is 54.1 Å². The van der Waals surface area contributed by atoms with Crippen LogP contribution in [0.25, 0.3) is 11.1 Å². The van der Waals surface area contributed by atoms with E-state index >= 15 is 0 Å². The number of hydrogen-bond donors (Lipinski definition) is 0. The number of unbranched alkanes of at least 4 members (excludes halogenated alkanes) is 5. The number of rotatable bonds is 12. The van der Waals surface area contributed by atoms with Crippen molar-refractivity contribution in [1.82, 2.24) is 0 Å². The molecule has 0 N–H and O–H groups in total. The van der Waals surface area contributed by atoms with Crippen LogP contribution in [0.3, 0.4) is 0 Å². The molecule has 1 heteroatoms. The second kappa shape index (κ2) is 12.7. The summed E-state index contributed by atoms with van der Waals surface area (Å²) in [6.45, 7) is 3.10. The summed E-state index contributed by atoms with van der Waals surface area (Å²) in [5.41, 5.74) is 4.06. The first-order chi connectivity index (χ1) is 14.3. The van der Waals surface area contributed by atoms with E-state index in [9.17, 15) is 0 Å². The largest absolute Gasteiger partial charge is 0.494 e.